The maximum atomic E-state index is 14.2. The molecule has 3 aliphatic rings. The van der Waals surface area contributed by atoms with Gasteiger partial charge in [0, 0.05) is 140 Å². The Labute approximate surface area is 663 Å². The van der Waals surface area contributed by atoms with Crippen LogP contribution < -0.4 is 9.80 Å². The lowest BCUT2D eigenvalue weighted by Gasteiger charge is -2.24. The zero-order valence-electron chi connectivity index (χ0n) is 68.3. The van der Waals surface area contributed by atoms with Crippen LogP contribution in [0.3, 0.4) is 0 Å². The van der Waals surface area contributed by atoms with Crippen molar-refractivity contribution in [1.29, 1.82) is 0 Å². The smallest absolute Gasteiger partial charge is 0.243 e. The van der Waals surface area contributed by atoms with Gasteiger partial charge >= 0.3 is 0 Å². The molecule has 0 saturated carbocycles. The second kappa shape index (κ2) is 58.1. The Kier molecular flexibility index (Phi) is 49.3. The molecule has 3 fully saturated rings. The van der Waals surface area contributed by atoms with E-state index in [9.17, 15) is 16.8 Å². The summed E-state index contributed by atoms with van der Waals surface area (Å²) in [5.74, 6) is 0. The monoisotopic (exact) mass is 1590 g/mol. The van der Waals surface area contributed by atoms with Crippen molar-refractivity contribution in [2.75, 3.05) is 301 Å². The van der Waals surface area contributed by atoms with Crippen LogP contribution in [0, 0.1) is 0 Å². The Balaban J connectivity index is 0.640. The van der Waals surface area contributed by atoms with Gasteiger partial charge in [0.15, 0.2) is 0 Å². The van der Waals surface area contributed by atoms with Gasteiger partial charge in [-0.15, -0.1) is 0 Å². The third kappa shape index (κ3) is 37.4. The average molecular weight is 1590 g/mol. The topological polar surface area (TPSA) is 205 Å². The molecular formula is C84H144N8O16S2. The van der Waals surface area contributed by atoms with Crippen molar-refractivity contribution in [3.05, 3.63) is 72.8 Å². The Morgan fingerprint density at radius 1 is 0.236 bits per heavy atom. The molecule has 0 bridgehead atoms. The van der Waals surface area contributed by atoms with Crippen LogP contribution in [-0.2, 0) is 76.9 Å². The second-order valence-electron chi connectivity index (χ2n) is 29.6. The van der Waals surface area contributed by atoms with E-state index < -0.39 is 20.0 Å². The van der Waals surface area contributed by atoms with Gasteiger partial charge in [-0.2, -0.15) is 8.61 Å². The normalized spacial score (nSPS) is 19.6. The summed E-state index contributed by atoms with van der Waals surface area (Å²) in [6.45, 7) is 24.2. The number of ether oxygens (including phenoxy) is 12. The van der Waals surface area contributed by atoms with Crippen molar-refractivity contribution in [2.45, 2.75) is 138 Å². The first-order chi connectivity index (χ1) is 53.9. The van der Waals surface area contributed by atoms with Gasteiger partial charge in [-0.05, 0) is 76.1 Å². The van der Waals surface area contributed by atoms with Crippen LogP contribution in [-0.4, -0.2) is 337 Å². The molecule has 0 aromatic heterocycles. The van der Waals surface area contributed by atoms with Crippen molar-refractivity contribution in [3.8, 4) is 0 Å². The fourth-order valence-corrected chi connectivity index (χ4v) is 17.6. The highest BCUT2D eigenvalue weighted by Crippen LogP contribution is 2.34. The summed E-state index contributed by atoms with van der Waals surface area (Å²) in [4.78, 5) is 14.5. The van der Waals surface area contributed by atoms with Gasteiger partial charge in [-0.1, -0.05) is 151 Å². The summed E-state index contributed by atoms with van der Waals surface area (Å²) < 4.78 is 132. The van der Waals surface area contributed by atoms with E-state index in [1.54, 1.807) is 12.1 Å². The minimum absolute atomic E-state index is 0.214. The number of hydrogen-bond donors (Lipinski definition) is 0. The molecule has 0 radical (unpaired) electrons. The van der Waals surface area contributed by atoms with Crippen molar-refractivity contribution in [1.82, 2.24) is 28.2 Å². The highest BCUT2D eigenvalue weighted by atomic mass is 32.2. The molecule has 0 unspecified atom stereocenters. The number of hydrogen-bond acceptors (Lipinski definition) is 22. The quantitative estimate of drug-likeness (QED) is 0.0417. The number of nitrogens with zero attached hydrogens (tertiary/aromatic N) is 8. The molecule has 24 nitrogen and oxygen atoms in total. The SMILES string of the molecule is CN(C)c1cccc2c(S(=O)(=O)N3CCOCCOCCN(CCCCCCCCCCCCN4CCOCCOCCN(CCCCCCCCCCCCN5CCOCCOCCN(S(=O)(=O)c6cccc7c(N(C)C)cccc67)CCOCCOCC5)CCOCCOCC4)CCOCCOCC3)cccc12. The Morgan fingerprint density at radius 3 is 0.627 bits per heavy atom. The van der Waals surface area contributed by atoms with Gasteiger partial charge in [0.25, 0.3) is 0 Å². The van der Waals surface area contributed by atoms with E-state index >= 15 is 0 Å². The minimum atomic E-state index is -3.84. The van der Waals surface area contributed by atoms with Gasteiger partial charge < -0.3 is 66.6 Å². The summed E-state index contributed by atoms with van der Waals surface area (Å²) in [5.41, 5.74) is 1.93. The first-order valence-corrected chi connectivity index (χ1v) is 45.0. The lowest BCUT2D eigenvalue weighted by atomic mass is 10.1. The van der Waals surface area contributed by atoms with Crippen molar-refractivity contribution in [2.24, 2.45) is 0 Å². The van der Waals surface area contributed by atoms with E-state index in [0.29, 0.717) is 143 Å². The van der Waals surface area contributed by atoms with E-state index in [-0.39, 0.29) is 62.4 Å². The van der Waals surface area contributed by atoms with Crippen LogP contribution in [0.15, 0.2) is 82.6 Å². The van der Waals surface area contributed by atoms with Crippen molar-refractivity contribution < 1.29 is 73.7 Å². The summed E-state index contributed by atoms with van der Waals surface area (Å²) in [6, 6.07) is 22.5. The average Bonchev–Trinajstić information content (AvgIpc) is 0.774. The van der Waals surface area contributed by atoms with E-state index in [1.807, 2.05) is 98.7 Å². The summed E-state index contributed by atoms with van der Waals surface area (Å²) in [6.07, 6.45) is 25.2. The molecule has 3 saturated heterocycles. The molecule has 7 rings (SSSR count). The highest BCUT2D eigenvalue weighted by Gasteiger charge is 2.29. The molecule has 628 valence electrons. The zero-order valence-corrected chi connectivity index (χ0v) is 69.9. The molecule has 110 heavy (non-hydrogen) atoms. The predicted octanol–water partition coefficient (Wildman–Crippen LogP) is 11.1. The second-order valence-corrected chi connectivity index (χ2v) is 33.5. The van der Waals surface area contributed by atoms with Gasteiger partial charge in [0.1, 0.15) is 0 Å². The number of unbranched alkanes of at least 4 members (excludes halogenated alkanes) is 18. The van der Waals surface area contributed by atoms with Gasteiger partial charge in [0.2, 0.25) is 20.0 Å². The van der Waals surface area contributed by atoms with Crippen LogP contribution in [0.4, 0.5) is 11.4 Å². The Bertz CT molecular complexity index is 2950. The van der Waals surface area contributed by atoms with E-state index in [2.05, 4.69) is 19.6 Å². The Morgan fingerprint density at radius 2 is 0.418 bits per heavy atom. The van der Waals surface area contributed by atoms with Crippen LogP contribution in [0.2, 0.25) is 0 Å². The number of benzene rings is 4. The number of fused-ring (bicyclic) bond motifs is 2. The van der Waals surface area contributed by atoms with E-state index in [4.69, 9.17) is 56.8 Å². The molecule has 3 heterocycles. The standard InChI is InChI=1S/C84H144N8O16S2/c1-85(2)81-33-25-31-79-77(81)29-27-35-83(79)109(93,94)91-49-61-105-73-69-101-57-45-89(46-58-102-70-74-106-62-50-91)39-23-19-15-11-7-5-9-13-17-21-37-87-41-53-97-65-67-99-55-43-88(44-56-100-68-66-98-54-42-87)38-22-18-14-10-6-8-12-16-20-24-40-90-47-59-103-71-75-107-63-51-92(52-64-108-76-72-104-60-48-90)110(95,96)84-36-28-30-78-80(84)32-26-34-82(78)86(3)4/h25-36H,5-24,37-76H2,1-4H3. The third-order valence-electron chi connectivity index (χ3n) is 20.9. The van der Waals surface area contributed by atoms with Crippen molar-refractivity contribution in [3.63, 3.8) is 0 Å². The largest absolute Gasteiger partial charge is 0.378 e. The van der Waals surface area contributed by atoms with Gasteiger partial charge in [0.05, 0.1) is 168 Å². The summed E-state index contributed by atoms with van der Waals surface area (Å²) in [5, 5.41) is 3.18. The van der Waals surface area contributed by atoms with Crippen LogP contribution >= 0.6 is 0 Å². The predicted molar refractivity (Wildman–Crippen MR) is 442 cm³/mol. The highest BCUT2D eigenvalue weighted by molar-refractivity contribution is 7.89. The van der Waals surface area contributed by atoms with E-state index in [0.717, 1.165) is 114 Å². The Hall–Kier alpha value is -3.82. The molecule has 4 aromatic rings. The first-order valence-electron chi connectivity index (χ1n) is 42.1. The summed E-state index contributed by atoms with van der Waals surface area (Å²) >= 11 is 0. The van der Waals surface area contributed by atoms with Crippen LogP contribution in [0.25, 0.3) is 21.5 Å². The lowest BCUT2D eigenvalue weighted by Crippen LogP contribution is -2.37. The number of rotatable bonds is 32. The molecule has 0 amide bonds. The molecule has 0 N–H and O–H groups in total. The lowest BCUT2D eigenvalue weighted by molar-refractivity contribution is 0.00776. The van der Waals surface area contributed by atoms with E-state index in [1.165, 1.54) is 124 Å². The van der Waals surface area contributed by atoms with Crippen LogP contribution in [0.1, 0.15) is 128 Å². The third-order valence-corrected chi connectivity index (χ3v) is 24.8. The maximum Gasteiger partial charge on any atom is 0.243 e. The number of sulfonamides is 2. The minimum Gasteiger partial charge on any atom is -0.378 e. The zero-order chi connectivity index (χ0) is 77.6. The van der Waals surface area contributed by atoms with Gasteiger partial charge in [-0.3, -0.25) is 19.6 Å². The van der Waals surface area contributed by atoms with Crippen molar-refractivity contribution >= 4 is 53.0 Å². The molecule has 4 aromatic carbocycles. The first kappa shape index (κ1) is 93.3. The molecule has 26 heteroatoms. The molecule has 0 aliphatic carbocycles. The number of anilines is 2. The van der Waals surface area contributed by atoms with Crippen LogP contribution in [0.5, 0.6) is 0 Å². The molecular weight excluding hydrogens is 1440 g/mol. The molecule has 0 atom stereocenters. The molecule has 3 aliphatic heterocycles. The summed E-state index contributed by atoms with van der Waals surface area (Å²) in [7, 11) is 0.167. The molecule has 0 spiro atoms. The maximum absolute atomic E-state index is 14.2. The fourth-order valence-electron chi connectivity index (χ4n) is 14.4. The fraction of sp³-hybridized carbons (Fsp3) is 0.762. The van der Waals surface area contributed by atoms with Gasteiger partial charge in [-0.25, -0.2) is 16.8 Å².